The molecule has 28 heavy (non-hydrogen) atoms. The van der Waals surface area contributed by atoms with E-state index < -0.39 is 15.8 Å². The van der Waals surface area contributed by atoms with E-state index in [1.807, 2.05) is 0 Å². The highest BCUT2D eigenvalue weighted by Crippen LogP contribution is 2.18. The van der Waals surface area contributed by atoms with Crippen LogP contribution in [0.15, 0.2) is 53.4 Å². The molecule has 0 saturated carbocycles. The van der Waals surface area contributed by atoms with Crippen molar-refractivity contribution in [2.75, 3.05) is 37.9 Å². The number of hydrogen-bond acceptors (Lipinski definition) is 4. The third-order valence-electron chi connectivity index (χ3n) is 4.81. The molecule has 1 aliphatic heterocycles. The Kier molecular flexibility index (Phi) is 6.31. The molecule has 0 atom stereocenters. The molecule has 6 nitrogen and oxygen atoms in total. The van der Waals surface area contributed by atoms with Crippen LogP contribution in [0.3, 0.4) is 0 Å². The maximum absolute atomic E-state index is 13.0. The monoisotopic (exact) mass is 405 g/mol. The minimum atomic E-state index is -3.82. The van der Waals surface area contributed by atoms with Crippen LogP contribution >= 0.6 is 0 Å². The molecule has 150 valence electrons. The van der Waals surface area contributed by atoms with E-state index in [0.29, 0.717) is 17.8 Å². The van der Waals surface area contributed by atoms with Gasteiger partial charge in [0.2, 0.25) is 0 Å². The Morgan fingerprint density at radius 2 is 1.68 bits per heavy atom. The summed E-state index contributed by atoms with van der Waals surface area (Å²) < 4.78 is 40.1. The van der Waals surface area contributed by atoms with E-state index in [2.05, 4.69) is 9.62 Å². The fraction of sp³-hybridized carbons (Fsp3) is 0.350. The summed E-state index contributed by atoms with van der Waals surface area (Å²) in [6.07, 6.45) is 2.43. The molecule has 2 aromatic carbocycles. The predicted molar refractivity (Wildman–Crippen MR) is 106 cm³/mol. The topological polar surface area (TPSA) is 69.7 Å². The van der Waals surface area contributed by atoms with Gasteiger partial charge in [-0.2, -0.15) is 0 Å². The molecule has 8 heteroatoms. The molecule has 1 saturated heterocycles. The van der Waals surface area contributed by atoms with Crippen LogP contribution in [0, 0.1) is 5.82 Å². The van der Waals surface area contributed by atoms with Crippen molar-refractivity contribution in [3.8, 4) is 0 Å². The number of carbonyl (C=O) groups excluding carboxylic acids is 1. The van der Waals surface area contributed by atoms with Gasteiger partial charge in [-0.15, -0.1) is 0 Å². The van der Waals surface area contributed by atoms with Crippen LogP contribution in [0.1, 0.15) is 23.2 Å². The summed E-state index contributed by atoms with van der Waals surface area (Å²) in [5, 5.41) is 0. The van der Waals surface area contributed by atoms with Crippen LogP contribution in [-0.2, 0) is 10.0 Å². The van der Waals surface area contributed by atoms with Crippen molar-refractivity contribution in [3.63, 3.8) is 0 Å². The van der Waals surface area contributed by atoms with Gasteiger partial charge in [0.1, 0.15) is 5.82 Å². The quantitative estimate of drug-likeness (QED) is 0.769. The Labute approximate surface area is 165 Å². The zero-order chi connectivity index (χ0) is 20.1. The van der Waals surface area contributed by atoms with Gasteiger partial charge < -0.3 is 9.80 Å². The fourth-order valence-corrected chi connectivity index (χ4v) is 4.19. The molecule has 1 N–H and O–H groups in total. The van der Waals surface area contributed by atoms with Crippen LogP contribution in [0.2, 0.25) is 0 Å². The second-order valence-electron chi connectivity index (χ2n) is 6.91. The number of anilines is 1. The van der Waals surface area contributed by atoms with E-state index in [9.17, 15) is 17.6 Å². The lowest BCUT2D eigenvalue weighted by Gasteiger charge is -2.21. The lowest BCUT2D eigenvalue weighted by atomic mass is 10.2. The lowest BCUT2D eigenvalue weighted by Crippen LogP contribution is -2.35. The van der Waals surface area contributed by atoms with Gasteiger partial charge in [0.25, 0.3) is 15.9 Å². The fourth-order valence-electron chi connectivity index (χ4n) is 3.13. The second kappa shape index (κ2) is 8.70. The molecule has 2 aromatic rings. The van der Waals surface area contributed by atoms with Crippen LogP contribution in [0.4, 0.5) is 10.1 Å². The van der Waals surface area contributed by atoms with Crippen molar-refractivity contribution in [3.05, 3.63) is 59.9 Å². The first-order valence-electron chi connectivity index (χ1n) is 9.21. The Morgan fingerprint density at radius 1 is 1.07 bits per heavy atom. The van der Waals surface area contributed by atoms with Gasteiger partial charge in [-0.1, -0.05) is 0 Å². The van der Waals surface area contributed by atoms with E-state index in [1.54, 1.807) is 36.2 Å². The SMILES string of the molecule is CN(CCN1CCCC1)C(=O)c1ccc(NS(=O)(=O)c2ccc(F)cc2)cc1. The van der Waals surface area contributed by atoms with Gasteiger partial charge in [-0.05, 0) is 74.5 Å². The van der Waals surface area contributed by atoms with Crippen molar-refractivity contribution in [1.29, 1.82) is 0 Å². The van der Waals surface area contributed by atoms with Crippen LogP contribution in [0.5, 0.6) is 0 Å². The third-order valence-corrected chi connectivity index (χ3v) is 6.20. The zero-order valence-corrected chi connectivity index (χ0v) is 16.6. The Balaban J connectivity index is 1.60. The average molecular weight is 405 g/mol. The molecule has 1 amide bonds. The summed E-state index contributed by atoms with van der Waals surface area (Å²) in [7, 11) is -2.05. The molecule has 0 aromatic heterocycles. The minimum absolute atomic E-state index is 0.0318. The van der Waals surface area contributed by atoms with Crippen LogP contribution in [-0.4, -0.2) is 57.4 Å². The van der Waals surface area contributed by atoms with Crippen LogP contribution in [0.25, 0.3) is 0 Å². The number of amides is 1. The highest BCUT2D eigenvalue weighted by atomic mass is 32.2. The number of likely N-dealkylation sites (tertiary alicyclic amines) is 1. The van der Waals surface area contributed by atoms with Crippen molar-refractivity contribution in [1.82, 2.24) is 9.80 Å². The standard InChI is InChI=1S/C20H24FN3O3S/c1-23(14-15-24-12-2-3-13-24)20(25)16-4-8-18(9-5-16)22-28(26,27)19-10-6-17(21)7-11-19/h4-11,22H,2-3,12-15H2,1H3. The Bertz CT molecular complexity index is 909. The van der Waals surface area contributed by atoms with E-state index >= 15 is 0 Å². The van der Waals surface area contributed by atoms with Gasteiger partial charge in [-0.25, -0.2) is 12.8 Å². The normalized spacial score (nSPS) is 14.8. The first-order chi connectivity index (χ1) is 13.3. The Morgan fingerprint density at radius 3 is 2.29 bits per heavy atom. The number of hydrogen-bond donors (Lipinski definition) is 1. The molecule has 1 aliphatic rings. The molecule has 0 unspecified atom stereocenters. The number of rotatable bonds is 7. The van der Waals surface area contributed by atoms with Gasteiger partial charge >= 0.3 is 0 Å². The van der Waals surface area contributed by atoms with Crippen molar-refractivity contribution >= 4 is 21.6 Å². The largest absolute Gasteiger partial charge is 0.340 e. The van der Waals surface area contributed by atoms with E-state index in [0.717, 1.165) is 31.8 Å². The number of sulfonamides is 1. The maximum atomic E-state index is 13.0. The van der Waals surface area contributed by atoms with E-state index in [-0.39, 0.29) is 10.8 Å². The van der Waals surface area contributed by atoms with E-state index in [1.165, 1.54) is 25.0 Å². The lowest BCUT2D eigenvalue weighted by molar-refractivity contribution is 0.0782. The molecule has 1 fully saturated rings. The number of halogens is 1. The Hall–Kier alpha value is -2.45. The summed E-state index contributed by atoms with van der Waals surface area (Å²) in [5.74, 6) is -0.609. The number of likely N-dealkylation sites (N-methyl/N-ethyl adjacent to an activating group) is 1. The summed E-state index contributed by atoms with van der Waals surface area (Å²) >= 11 is 0. The number of carbonyl (C=O) groups is 1. The minimum Gasteiger partial charge on any atom is -0.340 e. The van der Waals surface area contributed by atoms with Gasteiger partial charge in [-0.3, -0.25) is 9.52 Å². The first kappa shape index (κ1) is 20.3. The molecule has 1 heterocycles. The summed E-state index contributed by atoms with van der Waals surface area (Å²) in [6.45, 7) is 3.69. The maximum Gasteiger partial charge on any atom is 0.261 e. The number of nitrogens with zero attached hydrogens (tertiary/aromatic N) is 2. The average Bonchev–Trinajstić information content (AvgIpc) is 3.20. The smallest absolute Gasteiger partial charge is 0.261 e. The second-order valence-corrected chi connectivity index (χ2v) is 8.59. The van der Waals surface area contributed by atoms with Crippen molar-refractivity contribution in [2.45, 2.75) is 17.7 Å². The number of nitrogens with one attached hydrogen (secondary N) is 1. The molecule has 0 aliphatic carbocycles. The van der Waals surface area contributed by atoms with Crippen molar-refractivity contribution in [2.24, 2.45) is 0 Å². The van der Waals surface area contributed by atoms with Gasteiger partial charge in [0, 0.05) is 31.4 Å². The third kappa shape index (κ3) is 5.08. The molecule has 0 spiro atoms. The molecular formula is C20H24FN3O3S. The summed E-state index contributed by atoms with van der Waals surface area (Å²) in [5.41, 5.74) is 0.828. The molecule has 0 bridgehead atoms. The van der Waals surface area contributed by atoms with Crippen LogP contribution < -0.4 is 4.72 Å². The van der Waals surface area contributed by atoms with Crippen molar-refractivity contribution < 1.29 is 17.6 Å². The first-order valence-corrected chi connectivity index (χ1v) is 10.7. The molecular weight excluding hydrogens is 381 g/mol. The highest BCUT2D eigenvalue weighted by Gasteiger charge is 2.17. The highest BCUT2D eigenvalue weighted by molar-refractivity contribution is 7.92. The molecule has 3 rings (SSSR count). The zero-order valence-electron chi connectivity index (χ0n) is 15.8. The summed E-state index contributed by atoms with van der Waals surface area (Å²) in [6, 6.07) is 10.9. The molecule has 0 radical (unpaired) electrons. The number of benzene rings is 2. The predicted octanol–water partition coefficient (Wildman–Crippen LogP) is 2.79. The van der Waals surface area contributed by atoms with Gasteiger partial charge in [0.05, 0.1) is 4.90 Å². The van der Waals surface area contributed by atoms with Gasteiger partial charge in [0.15, 0.2) is 0 Å². The van der Waals surface area contributed by atoms with E-state index in [4.69, 9.17) is 0 Å². The summed E-state index contributed by atoms with van der Waals surface area (Å²) in [4.78, 5) is 16.5.